The van der Waals surface area contributed by atoms with E-state index < -0.39 is 0 Å². The molecule has 3 rings (SSSR count). The zero-order valence-corrected chi connectivity index (χ0v) is 9.98. The van der Waals surface area contributed by atoms with Crippen molar-refractivity contribution in [2.75, 3.05) is 6.54 Å². The Morgan fingerprint density at radius 2 is 2.18 bits per heavy atom. The van der Waals surface area contributed by atoms with Gasteiger partial charge in [0.2, 0.25) is 0 Å². The van der Waals surface area contributed by atoms with Crippen LogP contribution in [0.5, 0.6) is 0 Å². The van der Waals surface area contributed by atoms with Gasteiger partial charge in [0, 0.05) is 19.5 Å². The highest BCUT2D eigenvalue weighted by molar-refractivity contribution is 5.28. The molecule has 0 fully saturated rings. The Kier molecular flexibility index (Phi) is 2.65. The van der Waals surface area contributed by atoms with Gasteiger partial charge in [-0.25, -0.2) is 0 Å². The van der Waals surface area contributed by atoms with Gasteiger partial charge in [0.15, 0.2) is 0 Å². The predicted octanol–water partition coefficient (Wildman–Crippen LogP) is 1.28. The second kappa shape index (κ2) is 4.30. The third-order valence-corrected chi connectivity index (χ3v) is 3.31. The first-order valence-corrected chi connectivity index (χ1v) is 6.01. The molecule has 1 aromatic carbocycles. The van der Waals surface area contributed by atoms with Crippen LogP contribution in [-0.4, -0.2) is 21.3 Å². The van der Waals surface area contributed by atoms with E-state index in [1.807, 2.05) is 0 Å². The number of rotatable bonds is 2. The van der Waals surface area contributed by atoms with Crippen LogP contribution in [0.25, 0.3) is 0 Å². The van der Waals surface area contributed by atoms with Gasteiger partial charge in [0.05, 0.1) is 6.54 Å². The Balaban J connectivity index is 1.91. The summed E-state index contributed by atoms with van der Waals surface area (Å²) in [5, 5.41) is 11.8. The first-order chi connectivity index (χ1) is 8.34. The Morgan fingerprint density at radius 3 is 3.06 bits per heavy atom. The normalized spacial score (nSPS) is 14.6. The summed E-state index contributed by atoms with van der Waals surface area (Å²) in [6, 6.07) is 8.46. The lowest BCUT2D eigenvalue weighted by molar-refractivity contribution is 0.495. The minimum Gasteiger partial charge on any atom is -0.312 e. The number of hydrogen-bond acceptors (Lipinski definition) is 3. The van der Waals surface area contributed by atoms with E-state index in [0.717, 1.165) is 37.7 Å². The molecule has 0 atom stereocenters. The molecule has 1 N–H and O–H groups in total. The average Bonchev–Trinajstić information content (AvgIpc) is 2.76. The summed E-state index contributed by atoms with van der Waals surface area (Å²) < 4.78 is 2.24. The lowest BCUT2D eigenvalue weighted by Gasteiger charge is -2.16. The molecular formula is C13H16N4. The first-order valence-electron chi connectivity index (χ1n) is 6.01. The third kappa shape index (κ3) is 1.96. The number of fused-ring (bicyclic) bond motifs is 1. The minimum atomic E-state index is 0.834. The lowest BCUT2D eigenvalue weighted by Crippen LogP contribution is -2.29. The smallest absolute Gasteiger partial charge is 0.147 e. The molecule has 0 amide bonds. The highest BCUT2D eigenvalue weighted by Crippen LogP contribution is 2.14. The maximum atomic E-state index is 4.31. The number of aromatic nitrogens is 3. The first kappa shape index (κ1) is 10.5. The fourth-order valence-electron chi connectivity index (χ4n) is 2.26. The fourth-order valence-corrected chi connectivity index (χ4v) is 2.26. The highest BCUT2D eigenvalue weighted by Gasteiger charge is 2.15. The van der Waals surface area contributed by atoms with E-state index in [1.54, 1.807) is 0 Å². The molecule has 0 spiro atoms. The standard InChI is InChI=1S/C13H16N4/c1-10-4-2-3-5-11(10)8-12-15-16-13-9-14-6-7-17(12)13/h2-5,14H,6-9H2,1H3. The molecule has 1 aromatic heterocycles. The lowest BCUT2D eigenvalue weighted by atomic mass is 10.1. The molecule has 1 aliphatic rings. The second-order valence-electron chi connectivity index (χ2n) is 4.46. The molecule has 4 heteroatoms. The van der Waals surface area contributed by atoms with E-state index in [4.69, 9.17) is 0 Å². The van der Waals surface area contributed by atoms with Crippen molar-refractivity contribution in [2.24, 2.45) is 0 Å². The molecule has 2 heterocycles. The summed E-state index contributed by atoms with van der Waals surface area (Å²) in [6.45, 7) is 4.96. The summed E-state index contributed by atoms with van der Waals surface area (Å²) in [6.07, 6.45) is 0.875. The van der Waals surface area contributed by atoms with Crippen molar-refractivity contribution in [3.05, 3.63) is 47.0 Å². The molecule has 17 heavy (non-hydrogen) atoms. The molecular weight excluding hydrogens is 212 g/mol. The average molecular weight is 228 g/mol. The van der Waals surface area contributed by atoms with Crippen molar-refractivity contribution in [3.8, 4) is 0 Å². The van der Waals surface area contributed by atoms with Crippen LogP contribution in [0.2, 0.25) is 0 Å². The van der Waals surface area contributed by atoms with Gasteiger partial charge in [-0.1, -0.05) is 24.3 Å². The quantitative estimate of drug-likeness (QED) is 0.842. The summed E-state index contributed by atoms with van der Waals surface area (Å²) in [4.78, 5) is 0. The van der Waals surface area contributed by atoms with Gasteiger partial charge in [0.25, 0.3) is 0 Å². The van der Waals surface area contributed by atoms with Crippen LogP contribution in [0, 0.1) is 6.92 Å². The van der Waals surface area contributed by atoms with Crippen LogP contribution < -0.4 is 5.32 Å². The summed E-state index contributed by atoms with van der Waals surface area (Å²) >= 11 is 0. The van der Waals surface area contributed by atoms with Crippen molar-refractivity contribution < 1.29 is 0 Å². The van der Waals surface area contributed by atoms with Crippen LogP contribution in [0.15, 0.2) is 24.3 Å². The van der Waals surface area contributed by atoms with Crippen LogP contribution in [0.1, 0.15) is 22.8 Å². The van der Waals surface area contributed by atoms with Crippen molar-refractivity contribution in [1.29, 1.82) is 0 Å². The molecule has 0 aliphatic carbocycles. The molecule has 4 nitrogen and oxygen atoms in total. The van der Waals surface area contributed by atoms with Crippen molar-refractivity contribution in [2.45, 2.75) is 26.4 Å². The predicted molar refractivity (Wildman–Crippen MR) is 65.7 cm³/mol. The molecule has 2 aromatic rings. The summed E-state index contributed by atoms with van der Waals surface area (Å²) in [5.74, 6) is 2.13. The number of nitrogens with zero attached hydrogens (tertiary/aromatic N) is 3. The van der Waals surface area contributed by atoms with E-state index in [0.29, 0.717) is 0 Å². The number of hydrogen-bond donors (Lipinski definition) is 1. The van der Waals surface area contributed by atoms with Gasteiger partial charge in [-0.3, -0.25) is 0 Å². The van der Waals surface area contributed by atoms with Gasteiger partial charge in [-0.2, -0.15) is 0 Å². The second-order valence-corrected chi connectivity index (χ2v) is 4.46. The van der Waals surface area contributed by atoms with Crippen LogP contribution >= 0.6 is 0 Å². The zero-order chi connectivity index (χ0) is 11.7. The highest BCUT2D eigenvalue weighted by atomic mass is 15.3. The van der Waals surface area contributed by atoms with Gasteiger partial charge in [-0.15, -0.1) is 10.2 Å². The van der Waals surface area contributed by atoms with Crippen LogP contribution in [-0.2, 0) is 19.5 Å². The van der Waals surface area contributed by atoms with E-state index in [2.05, 4.69) is 51.3 Å². The van der Waals surface area contributed by atoms with E-state index in [-0.39, 0.29) is 0 Å². The Hall–Kier alpha value is -1.68. The van der Waals surface area contributed by atoms with E-state index >= 15 is 0 Å². The van der Waals surface area contributed by atoms with Gasteiger partial charge in [0.1, 0.15) is 11.6 Å². The van der Waals surface area contributed by atoms with Crippen molar-refractivity contribution in [3.63, 3.8) is 0 Å². The van der Waals surface area contributed by atoms with Crippen molar-refractivity contribution in [1.82, 2.24) is 20.1 Å². The fraction of sp³-hybridized carbons (Fsp3) is 0.385. The number of aryl methyl sites for hydroxylation is 1. The third-order valence-electron chi connectivity index (χ3n) is 3.31. The Bertz CT molecular complexity index is 530. The maximum absolute atomic E-state index is 4.31. The van der Waals surface area contributed by atoms with Crippen LogP contribution in [0.3, 0.4) is 0 Å². The zero-order valence-electron chi connectivity index (χ0n) is 9.98. The molecule has 0 saturated carbocycles. The molecule has 0 unspecified atom stereocenters. The Labute approximate surface area is 101 Å². The van der Waals surface area contributed by atoms with Gasteiger partial charge >= 0.3 is 0 Å². The SMILES string of the molecule is Cc1ccccc1Cc1nnc2n1CCNC2. The van der Waals surface area contributed by atoms with Crippen LogP contribution in [0.4, 0.5) is 0 Å². The monoisotopic (exact) mass is 228 g/mol. The van der Waals surface area contributed by atoms with Gasteiger partial charge < -0.3 is 9.88 Å². The molecule has 0 radical (unpaired) electrons. The number of nitrogens with one attached hydrogen (secondary N) is 1. The summed E-state index contributed by atoms with van der Waals surface area (Å²) in [5.41, 5.74) is 2.65. The molecule has 88 valence electrons. The van der Waals surface area contributed by atoms with E-state index in [9.17, 15) is 0 Å². The van der Waals surface area contributed by atoms with Gasteiger partial charge in [-0.05, 0) is 18.1 Å². The molecule has 0 saturated heterocycles. The maximum Gasteiger partial charge on any atom is 0.147 e. The Morgan fingerprint density at radius 1 is 1.29 bits per heavy atom. The topological polar surface area (TPSA) is 42.7 Å². The molecule has 0 bridgehead atoms. The summed E-state index contributed by atoms with van der Waals surface area (Å²) in [7, 11) is 0. The molecule has 1 aliphatic heterocycles. The van der Waals surface area contributed by atoms with E-state index in [1.165, 1.54) is 11.1 Å². The number of benzene rings is 1. The van der Waals surface area contributed by atoms with Crippen molar-refractivity contribution >= 4 is 0 Å². The minimum absolute atomic E-state index is 0.834. The largest absolute Gasteiger partial charge is 0.312 e.